The van der Waals surface area contributed by atoms with Gasteiger partial charge in [-0.05, 0) is 42.8 Å². The highest BCUT2D eigenvalue weighted by atomic mass is 32.2. The normalized spacial score (nSPS) is 16.1. The molecule has 0 saturated carbocycles. The van der Waals surface area contributed by atoms with E-state index in [0.29, 0.717) is 22.8 Å². The molecule has 0 aliphatic carbocycles. The fourth-order valence-corrected chi connectivity index (χ4v) is 3.73. The maximum Gasteiger partial charge on any atom is 0.344 e. The van der Waals surface area contributed by atoms with Gasteiger partial charge in [0.2, 0.25) is 0 Å². The molecule has 0 bridgehead atoms. The Balaban J connectivity index is 2.00. The first kappa shape index (κ1) is 21.9. The third-order valence-corrected chi connectivity index (χ3v) is 5.17. The van der Waals surface area contributed by atoms with Crippen LogP contribution in [0.4, 0.5) is 11.4 Å². The first-order valence-electron chi connectivity index (χ1n) is 9.04. The van der Waals surface area contributed by atoms with E-state index in [9.17, 15) is 25.1 Å². The van der Waals surface area contributed by atoms with Crippen LogP contribution in [0, 0.1) is 10.1 Å². The molecule has 0 unspecified atom stereocenters. The van der Waals surface area contributed by atoms with E-state index in [4.69, 9.17) is 9.47 Å². The van der Waals surface area contributed by atoms with Crippen molar-refractivity contribution in [2.45, 2.75) is 6.92 Å². The summed E-state index contributed by atoms with van der Waals surface area (Å²) in [6.07, 6.45) is 1.61. The molecule has 1 aliphatic rings. The number of aliphatic hydroxyl groups excluding tert-OH is 1. The van der Waals surface area contributed by atoms with Gasteiger partial charge in [-0.1, -0.05) is 17.8 Å². The van der Waals surface area contributed by atoms with Gasteiger partial charge in [-0.3, -0.25) is 10.1 Å². The number of non-ortho nitro benzene ring substituents is 1. The van der Waals surface area contributed by atoms with Gasteiger partial charge in [-0.25, -0.2) is 9.79 Å². The number of phenols is 1. The molecule has 0 radical (unpaired) electrons. The fraction of sp³-hybridized carbons (Fsp3) is 0.143. The van der Waals surface area contributed by atoms with Crippen LogP contribution in [-0.4, -0.2) is 39.9 Å². The highest BCUT2D eigenvalue weighted by Crippen LogP contribution is 2.41. The van der Waals surface area contributed by atoms with Crippen LogP contribution in [0.5, 0.6) is 11.5 Å². The van der Waals surface area contributed by atoms with Crippen LogP contribution in [0.15, 0.2) is 63.7 Å². The van der Waals surface area contributed by atoms with Gasteiger partial charge in [0.25, 0.3) is 5.69 Å². The second kappa shape index (κ2) is 9.35. The Morgan fingerprint density at radius 1 is 1.23 bits per heavy atom. The highest BCUT2D eigenvalue weighted by molar-refractivity contribution is 8.18. The number of benzene rings is 2. The predicted octanol–water partition coefficient (Wildman–Crippen LogP) is 4.50. The Bertz CT molecular complexity index is 1120. The van der Waals surface area contributed by atoms with Crippen LogP contribution >= 0.6 is 11.8 Å². The molecule has 1 heterocycles. The van der Waals surface area contributed by atoms with Gasteiger partial charge >= 0.3 is 5.97 Å². The van der Waals surface area contributed by atoms with E-state index in [0.717, 1.165) is 11.8 Å². The van der Waals surface area contributed by atoms with Gasteiger partial charge in [0.05, 0.1) is 29.2 Å². The van der Waals surface area contributed by atoms with E-state index in [-0.39, 0.29) is 33.6 Å². The Kier molecular flexibility index (Phi) is 6.61. The summed E-state index contributed by atoms with van der Waals surface area (Å²) in [5, 5.41) is 31.5. The molecule has 0 fully saturated rings. The van der Waals surface area contributed by atoms with Gasteiger partial charge in [0.15, 0.2) is 11.5 Å². The van der Waals surface area contributed by atoms with E-state index in [2.05, 4.69) is 4.99 Å². The van der Waals surface area contributed by atoms with Gasteiger partial charge in [-0.15, -0.1) is 0 Å². The van der Waals surface area contributed by atoms with Crippen molar-refractivity contribution < 1.29 is 29.4 Å². The molecule has 2 N–H and O–H groups in total. The van der Waals surface area contributed by atoms with Gasteiger partial charge in [0.1, 0.15) is 16.4 Å². The standard InChI is InChI=1S/C21H18N2O7S/c1-3-30-16-10-12(4-9-15(16)24)11-17-19(25)18(21(26)29-2)20(31-17)22-13-5-7-14(8-6-13)23(27)28/h4-11,24-25H,3H2,1-2H3/b17-11+,22-20?. The van der Waals surface area contributed by atoms with Crippen molar-refractivity contribution in [3.8, 4) is 11.5 Å². The molecule has 2 aromatic rings. The number of methoxy groups -OCH3 is 1. The van der Waals surface area contributed by atoms with Crippen molar-refractivity contribution in [3.63, 3.8) is 0 Å². The second-order valence-corrected chi connectivity index (χ2v) is 7.21. The molecule has 0 aromatic heterocycles. The monoisotopic (exact) mass is 442 g/mol. The number of nitro benzene ring substituents is 1. The first-order valence-corrected chi connectivity index (χ1v) is 9.86. The summed E-state index contributed by atoms with van der Waals surface area (Å²) in [7, 11) is 1.19. The number of thioether (sulfide) groups is 1. The average Bonchev–Trinajstić information content (AvgIpc) is 3.05. The van der Waals surface area contributed by atoms with Crippen molar-refractivity contribution in [2.24, 2.45) is 4.99 Å². The van der Waals surface area contributed by atoms with Crippen molar-refractivity contribution in [1.82, 2.24) is 0 Å². The number of hydrogen-bond donors (Lipinski definition) is 2. The first-order chi connectivity index (χ1) is 14.8. The van der Waals surface area contributed by atoms with Gasteiger partial charge < -0.3 is 19.7 Å². The number of rotatable bonds is 6. The molecule has 1 aliphatic heterocycles. The molecule has 160 valence electrons. The molecular formula is C21H18N2O7S. The van der Waals surface area contributed by atoms with E-state index in [1.54, 1.807) is 25.1 Å². The number of aromatic hydroxyl groups is 1. The predicted molar refractivity (Wildman–Crippen MR) is 117 cm³/mol. The lowest BCUT2D eigenvalue weighted by Crippen LogP contribution is -2.10. The summed E-state index contributed by atoms with van der Waals surface area (Å²) in [5.74, 6) is -0.798. The van der Waals surface area contributed by atoms with E-state index in [1.165, 1.54) is 37.4 Å². The van der Waals surface area contributed by atoms with Crippen molar-refractivity contribution in [2.75, 3.05) is 13.7 Å². The molecule has 3 rings (SSSR count). The SMILES string of the molecule is CCOc1cc(/C=C2/SC(=Nc3ccc([N+](=O)[O-])cc3)C(C(=O)OC)=C2O)ccc1O. The number of aliphatic imine (C=N–C) groups is 1. The molecule has 0 spiro atoms. The minimum Gasteiger partial charge on any atom is -0.506 e. The number of carbonyl (C=O) groups is 1. The van der Waals surface area contributed by atoms with Crippen LogP contribution in [0.1, 0.15) is 12.5 Å². The van der Waals surface area contributed by atoms with E-state index < -0.39 is 10.9 Å². The summed E-state index contributed by atoms with van der Waals surface area (Å²) in [6, 6.07) is 10.2. The Labute approximate surface area is 181 Å². The number of nitro groups is 1. The maximum atomic E-state index is 12.2. The topological polar surface area (TPSA) is 131 Å². The van der Waals surface area contributed by atoms with Crippen LogP contribution < -0.4 is 4.74 Å². The number of hydrogen-bond acceptors (Lipinski definition) is 9. The molecule has 0 atom stereocenters. The summed E-state index contributed by atoms with van der Waals surface area (Å²) >= 11 is 1.04. The van der Waals surface area contributed by atoms with Gasteiger partial charge in [-0.2, -0.15) is 0 Å². The smallest absolute Gasteiger partial charge is 0.344 e. The van der Waals surface area contributed by atoms with E-state index in [1.807, 2.05) is 0 Å². The zero-order valence-corrected chi connectivity index (χ0v) is 17.4. The minimum absolute atomic E-state index is 0.0153. The number of aliphatic hydroxyl groups is 1. The van der Waals surface area contributed by atoms with Crippen molar-refractivity contribution in [3.05, 3.63) is 74.4 Å². The molecule has 10 heteroatoms. The van der Waals surface area contributed by atoms with Crippen LogP contribution in [0.2, 0.25) is 0 Å². The van der Waals surface area contributed by atoms with E-state index >= 15 is 0 Å². The summed E-state index contributed by atoms with van der Waals surface area (Å²) in [5.41, 5.74) is 0.788. The number of phenolic OH excluding ortho intramolecular Hbond substituents is 1. The fourth-order valence-electron chi connectivity index (χ4n) is 2.70. The molecule has 31 heavy (non-hydrogen) atoms. The Hall–Kier alpha value is -3.79. The Morgan fingerprint density at radius 2 is 1.94 bits per heavy atom. The lowest BCUT2D eigenvalue weighted by molar-refractivity contribution is -0.384. The number of esters is 1. The lowest BCUT2D eigenvalue weighted by Gasteiger charge is -2.06. The Morgan fingerprint density at radius 3 is 2.55 bits per heavy atom. The molecule has 0 amide bonds. The average molecular weight is 442 g/mol. The quantitative estimate of drug-likeness (QED) is 0.380. The molecule has 2 aromatic carbocycles. The minimum atomic E-state index is -0.769. The molecule has 0 saturated heterocycles. The zero-order chi connectivity index (χ0) is 22.5. The second-order valence-electron chi connectivity index (χ2n) is 6.18. The summed E-state index contributed by atoms with van der Waals surface area (Å²) in [6.45, 7) is 2.15. The maximum absolute atomic E-state index is 12.2. The van der Waals surface area contributed by atoms with Gasteiger partial charge in [0, 0.05) is 12.1 Å². The number of ether oxygens (including phenoxy) is 2. The summed E-state index contributed by atoms with van der Waals surface area (Å²) in [4.78, 5) is 27.2. The largest absolute Gasteiger partial charge is 0.506 e. The highest BCUT2D eigenvalue weighted by Gasteiger charge is 2.33. The lowest BCUT2D eigenvalue weighted by atomic mass is 10.1. The van der Waals surface area contributed by atoms with Crippen LogP contribution in [-0.2, 0) is 9.53 Å². The van der Waals surface area contributed by atoms with Crippen molar-refractivity contribution in [1.29, 1.82) is 0 Å². The van der Waals surface area contributed by atoms with Crippen molar-refractivity contribution >= 4 is 40.2 Å². The third kappa shape index (κ3) is 4.86. The van der Waals surface area contributed by atoms with Crippen LogP contribution in [0.25, 0.3) is 6.08 Å². The third-order valence-electron chi connectivity index (χ3n) is 4.15. The zero-order valence-electron chi connectivity index (χ0n) is 16.6. The van der Waals surface area contributed by atoms with Crippen LogP contribution in [0.3, 0.4) is 0 Å². The summed E-state index contributed by atoms with van der Waals surface area (Å²) < 4.78 is 10.1. The number of nitrogens with zero attached hydrogens (tertiary/aromatic N) is 2. The molecule has 9 nitrogen and oxygen atoms in total. The molecular weight excluding hydrogens is 424 g/mol. The number of carbonyl (C=O) groups excluding carboxylic acids is 1.